The highest BCUT2D eigenvalue weighted by Crippen LogP contribution is 2.31. The highest BCUT2D eigenvalue weighted by molar-refractivity contribution is 5.83. The first-order chi connectivity index (χ1) is 8.14. The number of rotatable bonds is 5. The third-order valence-electron chi connectivity index (χ3n) is 3.47. The molecule has 0 aromatic carbocycles. The molecule has 1 fully saturated rings. The molecule has 4 heteroatoms. The molecule has 96 valence electrons. The maximum Gasteiger partial charge on any atom is 0.227 e. The quantitative estimate of drug-likeness (QED) is 0.760. The normalized spacial score (nSPS) is 25.9. The molecule has 1 heterocycles. The van der Waals surface area contributed by atoms with E-state index in [9.17, 15) is 4.79 Å². The lowest BCUT2D eigenvalue weighted by Crippen LogP contribution is -2.51. The summed E-state index contributed by atoms with van der Waals surface area (Å²) in [4.78, 5) is 12.3. The van der Waals surface area contributed by atoms with Crippen molar-refractivity contribution < 1.29 is 4.79 Å². The van der Waals surface area contributed by atoms with Crippen LogP contribution in [-0.2, 0) is 4.79 Å². The van der Waals surface area contributed by atoms with Crippen LogP contribution in [0.4, 0.5) is 0 Å². The minimum absolute atomic E-state index is 0.117. The van der Waals surface area contributed by atoms with Crippen molar-refractivity contribution in [2.75, 3.05) is 19.6 Å². The van der Waals surface area contributed by atoms with Crippen LogP contribution >= 0.6 is 0 Å². The highest BCUT2D eigenvalue weighted by Gasteiger charge is 2.38. The van der Waals surface area contributed by atoms with Crippen LogP contribution < -0.4 is 10.6 Å². The Labute approximate surface area is 104 Å². The van der Waals surface area contributed by atoms with Gasteiger partial charge in [0.2, 0.25) is 5.91 Å². The predicted octanol–water partition coefficient (Wildman–Crippen LogP) is 1.43. The second kappa shape index (κ2) is 6.61. The summed E-state index contributed by atoms with van der Waals surface area (Å²) in [6.45, 7) is 6.18. The number of nitriles is 1. The van der Waals surface area contributed by atoms with Gasteiger partial charge in [-0.2, -0.15) is 5.26 Å². The van der Waals surface area contributed by atoms with Crippen molar-refractivity contribution in [2.24, 2.45) is 11.3 Å². The van der Waals surface area contributed by atoms with Crippen LogP contribution in [-0.4, -0.2) is 25.5 Å². The molecule has 1 rings (SSSR count). The van der Waals surface area contributed by atoms with Crippen molar-refractivity contribution in [3.05, 3.63) is 0 Å². The Morgan fingerprint density at radius 2 is 2.41 bits per heavy atom. The zero-order valence-electron chi connectivity index (χ0n) is 10.9. The van der Waals surface area contributed by atoms with Crippen molar-refractivity contribution in [3.63, 3.8) is 0 Å². The van der Waals surface area contributed by atoms with Crippen molar-refractivity contribution in [1.82, 2.24) is 10.6 Å². The molecule has 0 aromatic heterocycles. The lowest BCUT2D eigenvalue weighted by atomic mass is 9.76. The number of nitrogens with one attached hydrogen (secondary N) is 2. The molecule has 0 spiro atoms. The van der Waals surface area contributed by atoms with Gasteiger partial charge in [-0.3, -0.25) is 4.79 Å². The van der Waals surface area contributed by atoms with E-state index < -0.39 is 0 Å². The van der Waals surface area contributed by atoms with Crippen LogP contribution in [0, 0.1) is 22.7 Å². The van der Waals surface area contributed by atoms with E-state index in [4.69, 9.17) is 5.26 Å². The highest BCUT2D eigenvalue weighted by atomic mass is 16.2. The first-order valence-electron chi connectivity index (χ1n) is 6.53. The van der Waals surface area contributed by atoms with Gasteiger partial charge in [-0.1, -0.05) is 13.3 Å². The number of carbonyl (C=O) groups excluding carboxylic acids is 1. The fourth-order valence-corrected chi connectivity index (χ4v) is 2.45. The van der Waals surface area contributed by atoms with Gasteiger partial charge in [0.1, 0.15) is 0 Å². The SMILES string of the molecule is CCCC1(C(=O)NCC(C)C#N)CCCNC1. The van der Waals surface area contributed by atoms with E-state index in [0.717, 1.165) is 38.8 Å². The number of nitrogens with zero attached hydrogens (tertiary/aromatic N) is 1. The average Bonchev–Trinajstić information content (AvgIpc) is 2.36. The minimum Gasteiger partial charge on any atom is -0.354 e. The van der Waals surface area contributed by atoms with Crippen LogP contribution in [0.2, 0.25) is 0 Å². The Balaban J connectivity index is 2.57. The fraction of sp³-hybridized carbons (Fsp3) is 0.846. The maximum atomic E-state index is 12.3. The molecule has 17 heavy (non-hydrogen) atoms. The van der Waals surface area contributed by atoms with E-state index in [-0.39, 0.29) is 17.2 Å². The number of carbonyl (C=O) groups is 1. The summed E-state index contributed by atoms with van der Waals surface area (Å²) in [7, 11) is 0. The summed E-state index contributed by atoms with van der Waals surface area (Å²) in [5.74, 6) is 0.00262. The van der Waals surface area contributed by atoms with Gasteiger partial charge in [-0.05, 0) is 32.7 Å². The third kappa shape index (κ3) is 3.71. The fourth-order valence-electron chi connectivity index (χ4n) is 2.45. The van der Waals surface area contributed by atoms with Gasteiger partial charge in [0, 0.05) is 13.1 Å². The predicted molar refractivity (Wildman–Crippen MR) is 67.2 cm³/mol. The molecule has 1 saturated heterocycles. The standard InChI is InChI=1S/C13H23N3O/c1-3-5-13(6-4-7-15-10-13)12(17)16-9-11(2)8-14/h11,15H,3-7,9-10H2,1-2H3,(H,16,17). The molecular weight excluding hydrogens is 214 g/mol. The van der Waals surface area contributed by atoms with E-state index in [1.54, 1.807) is 0 Å². The lowest BCUT2D eigenvalue weighted by Gasteiger charge is -2.36. The molecule has 0 radical (unpaired) electrons. The van der Waals surface area contributed by atoms with Crippen molar-refractivity contribution >= 4 is 5.91 Å². The molecule has 1 aliphatic rings. The molecule has 0 bridgehead atoms. The number of piperidine rings is 1. The zero-order chi connectivity index (χ0) is 12.7. The molecule has 0 aliphatic carbocycles. The van der Waals surface area contributed by atoms with Gasteiger partial charge in [-0.15, -0.1) is 0 Å². The number of amides is 1. The van der Waals surface area contributed by atoms with Gasteiger partial charge in [-0.25, -0.2) is 0 Å². The summed E-state index contributed by atoms with van der Waals surface area (Å²) in [5, 5.41) is 15.0. The van der Waals surface area contributed by atoms with Gasteiger partial charge < -0.3 is 10.6 Å². The summed E-state index contributed by atoms with van der Waals surface area (Å²) >= 11 is 0. The monoisotopic (exact) mass is 237 g/mol. The van der Waals surface area contributed by atoms with Gasteiger partial charge in [0.25, 0.3) is 0 Å². The second-order valence-electron chi connectivity index (χ2n) is 5.05. The maximum absolute atomic E-state index is 12.3. The Bertz CT molecular complexity index is 284. The van der Waals surface area contributed by atoms with E-state index in [0.29, 0.717) is 6.54 Å². The molecule has 1 aliphatic heterocycles. The second-order valence-corrected chi connectivity index (χ2v) is 5.05. The van der Waals surface area contributed by atoms with Crippen LogP contribution in [0.15, 0.2) is 0 Å². The minimum atomic E-state index is -0.248. The first-order valence-corrected chi connectivity index (χ1v) is 6.53. The topological polar surface area (TPSA) is 64.9 Å². The zero-order valence-corrected chi connectivity index (χ0v) is 10.9. The summed E-state index contributed by atoms with van der Waals surface area (Å²) in [6, 6.07) is 2.14. The van der Waals surface area contributed by atoms with Crippen LogP contribution in [0.3, 0.4) is 0 Å². The molecule has 4 nitrogen and oxygen atoms in total. The molecule has 1 amide bonds. The smallest absolute Gasteiger partial charge is 0.227 e. The average molecular weight is 237 g/mol. The molecule has 2 unspecified atom stereocenters. The van der Waals surface area contributed by atoms with E-state index in [1.807, 2.05) is 6.92 Å². The van der Waals surface area contributed by atoms with Gasteiger partial charge in [0.15, 0.2) is 0 Å². The molecule has 0 aromatic rings. The van der Waals surface area contributed by atoms with Gasteiger partial charge >= 0.3 is 0 Å². The number of hydrogen-bond acceptors (Lipinski definition) is 3. The summed E-state index contributed by atoms with van der Waals surface area (Å²) in [6.07, 6.45) is 3.96. The molecule has 2 atom stereocenters. The van der Waals surface area contributed by atoms with E-state index >= 15 is 0 Å². The van der Waals surface area contributed by atoms with E-state index in [1.165, 1.54) is 0 Å². The Kier molecular flexibility index (Phi) is 5.43. The molecular formula is C13H23N3O. The Morgan fingerprint density at radius 1 is 1.65 bits per heavy atom. The van der Waals surface area contributed by atoms with E-state index in [2.05, 4.69) is 23.6 Å². The Morgan fingerprint density at radius 3 is 2.94 bits per heavy atom. The van der Waals surface area contributed by atoms with Crippen LogP contribution in [0.1, 0.15) is 39.5 Å². The molecule has 2 N–H and O–H groups in total. The van der Waals surface area contributed by atoms with Crippen molar-refractivity contribution in [1.29, 1.82) is 5.26 Å². The van der Waals surface area contributed by atoms with Crippen LogP contribution in [0.5, 0.6) is 0 Å². The number of hydrogen-bond donors (Lipinski definition) is 2. The lowest BCUT2D eigenvalue weighted by molar-refractivity contribution is -0.132. The van der Waals surface area contributed by atoms with Gasteiger partial charge in [0.05, 0.1) is 17.4 Å². The van der Waals surface area contributed by atoms with Crippen molar-refractivity contribution in [3.8, 4) is 6.07 Å². The third-order valence-corrected chi connectivity index (χ3v) is 3.47. The first kappa shape index (κ1) is 14.0. The summed E-state index contributed by atoms with van der Waals surface area (Å²) < 4.78 is 0. The summed E-state index contributed by atoms with van der Waals surface area (Å²) in [5.41, 5.74) is -0.248. The largest absolute Gasteiger partial charge is 0.354 e. The van der Waals surface area contributed by atoms with Crippen LogP contribution in [0.25, 0.3) is 0 Å². The molecule has 0 saturated carbocycles. The van der Waals surface area contributed by atoms with Crippen molar-refractivity contribution in [2.45, 2.75) is 39.5 Å². The Hall–Kier alpha value is -1.08.